The highest BCUT2D eigenvalue weighted by Crippen LogP contribution is 2.20. The number of nitriles is 1. The minimum Gasteiger partial charge on any atom is -0.336 e. The van der Waals surface area contributed by atoms with Gasteiger partial charge in [0.15, 0.2) is 0 Å². The van der Waals surface area contributed by atoms with Crippen molar-refractivity contribution in [3.8, 4) is 6.07 Å². The first kappa shape index (κ1) is 15.7. The van der Waals surface area contributed by atoms with E-state index in [9.17, 15) is 4.79 Å². The van der Waals surface area contributed by atoms with Crippen LogP contribution in [0.25, 0.3) is 0 Å². The van der Waals surface area contributed by atoms with E-state index in [-0.39, 0.29) is 5.91 Å². The van der Waals surface area contributed by atoms with Crippen molar-refractivity contribution in [1.29, 1.82) is 5.26 Å². The Morgan fingerprint density at radius 3 is 2.52 bits per heavy atom. The average molecular weight is 307 g/mol. The molecule has 0 aliphatic carbocycles. The second-order valence-electron chi connectivity index (χ2n) is 5.76. The number of piperazine rings is 1. The van der Waals surface area contributed by atoms with Crippen molar-refractivity contribution in [3.05, 3.63) is 28.5 Å². The zero-order valence-electron chi connectivity index (χ0n) is 12.6. The Kier molecular flexibility index (Phi) is 4.50. The molecule has 0 spiro atoms. The lowest BCUT2D eigenvalue weighted by atomic mass is 10.0. The van der Waals surface area contributed by atoms with Gasteiger partial charge in [-0.2, -0.15) is 5.26 Å². The molecule has 21 heavy (non-hydrogen) atoms. The van der Waals surface area contributed by atoms with E-state index in [1.165, 1.54) is 6.20 Å². The maximum atomic E-state index is 12.5. The first-order chi connectivity index (χ1) is 9.85. The van der Waals surface area contributed by atoms with Gasteiger partial charge >= 0.3 is 0 Å². The lowest BCUT2D eigenvalue weighted by molar-refractivity contribution is 0.0520. The molecule has 1 fully saturated rings. The first-order valence-electron chi connectivity index (χ1n) is 6.93. The van der Waals surface area contributed by atoms with Crippen LogP contribution in [0.2, 0.25) is 5.02 Å². The number of rotatable bonds is 2. The zero-order chi connectivity index (χ0) is 15.6. The monoisotopic (exact) mass is 306 g/mol. The molecule has 0 unspecified atom stereocenters. The number of pyridine rings is 1. The molecule has 1 amide bonds. The van der Waals surface area contributed by atoms with E-state index in [0.717, 1.165) is 5.69 Å². The fourth-order valence-electron chi connectivity index (χ4n) is 2.39. The summed E-state index contributed by atoms with van der Waals surface area (Å²) in [7, 11) is 0. The molecule has 2 rings (SSSR count). The molecule has 5 nitrogen and oxygen atoms in total. The lowest BCUT2D eigenvalue weighted by Crippen LogP contribution is -2.55. The van der Waals surface area contributed by atoms with Crippen LogP contribution in [-0.4, -0.2) is 52.4 Å². The van der Waals surface area contributed by atoms with E-state index in [0.29, 0.717) is 36.8 Å². The zero-order valence-corrected chi connectivity index (χ0v) is 13.3. The third kappa shape index (κ3) is 3.34. The van der Waals surface area contributed by atoms with Crippen molar-refractivity contribution < 1.29 is 4.79 Å². The molecule has 0 bridgehead atoms. The molecule has 1 aliphatic rings. The third-order valence-electron chi connectivity index (χ3n) is 3.85. The smallest absolute Gasteiger partial charge is 0.257 e. The third-order valence-corrected chi connectivity index (χ3v) is 4.16. The molecular weight excluding hydrogens is 288 g/mol. The van der Waals surface area contributed by atoms with Crippen LogP contribution in [0.15, 0.2) is 12.3 Å². The minimum atomic E-state index is -0.502. The number of carbonyl (C=O) groups is 1. The van der Waals surface area contributed by atoms with Crippen LogP contribution in [0.5, 0.6) is 0 Å². The topological polar surface area (TPSA) is 60.2 Å². The lowest BCUT2D eigenvalue weighted by Gasteiger charge is -2.40. The number of aryl methyl sites for hydroxylation is 1. The Morgan fingerprint density at radius 2 is 2.00 bits per heavy atom. The van der Waals surface area contributed by atoms with Crippen LogP contribution >= 0.6 is 11.6 Å². The van der Waals surface area contributed by atoms with Crippen molar-refractivity contribution in [2.24, 2.45) is 0 Å². The number of hydrogen-bond donors (Lipinski definition) is 0. The van der Waals surface area contributed by atoms with E-state index in [2.05, 4.69) is 16.0 Å². The number of nitrogens with zero attached hydrogens (tertiary/aromatic N) is 4. The van der Waals surface area contributed by atoms with E-state index in [4.69, 9.17) is 16.9 Å². The molecule has 0 atom stereocenters. The highest BCUT2D eigenvalue weighted by atomic mass is 35.5. The summed E-state index contributed by atoms with van der Waals surface area (Å²) in [6, 6.07) is 3.99. The van der Waals surface area contributed by atoms with Gasteiger partial charge in [0.2, 0.25) is 0 Å². The van der Waals surface area contributed by atoms with E-state index in [1.54, 1.807) is 11.0 Å². The van der Waals surface area contributed by atoms with Gasteiger partial charge in [-0.05, 0) is 26.8 Å². The maximum absolute atomic E-state index is 12.5. The van der Waals surface area contributed by atoms with Gasteiger partial charge in [0.25, 0.3) is 5.91 Å². The summed E-state index contributed by atoms with van der Waals surface area (Å²) in [6.07, 6.45) is 1.53. The standard InChI is InChI=1S/C15H19ClN4O/c1-11-8-13(16)12(9-18-11)14(21)19-4-6-20(7-5-19)15(2,3)10-17/h8-9H,4-7H2,1-3H3. The molecule has 6 heteroatoms. The Hall–Kier alpha value is -1.64. The van der Waals surface area contributed by atoms with Crippen molar-refractivity contribution in [1.82, 2.24) is 14.8 Å². The van der Waals surface area contributed by atoms with Gasteiger partial charge in [-0.25, -0.2) is 0 Å². The molecule has 0 saturated carbocycles. The molecule has 0 radical (unpaired) electrons. The van der Waals surface area contributed by atoms with E-state index >= 15 is 0 Å². The Bertz CT molecular complexity index is 586. The van der Waals surface area contributed by atoms with Crippen molar-refractivity contribution in [2.75, 3.05) is 26.2 Å². The molecule has 1 saturated heterocycles. The fraction of sp³-hybridized carbons (Fsp3) is 0.533. The summed E-state index contributed by atoms with van der Waals surface area (Å²) in [5, 5.41) is 9.60. The van der Waals surface area contributed by atoms with Crippen molar-refractivity contribution in [2.45, 2.75) is 26.3 Å². The van der Waals surface area contributed by atoms with Crippen LogP contribution in [0, 0.1) is 18.3 Å². The predicted molar refractivity (Wildman–Crippen MR) is 81.2 cm³/mol. The quantitative estimate of drug-likeness (QED) is 0.839. The second kappa shape index (κ2) is 6.00. The molecule has 1 aliphatic heterocycles. The Labute approximate surface area is 130 Å². The number of amides is 1. The van der Waals surface area contributed by atoms with E-state index in [1.807, 2.05) is 20.8 Å². The minimum absolute atomic E-state index is 0.0955. The molecular formula is C15H19ClN4O. The summed E-state index contributed by atoms with van der Waals surface area (Å²) in [4.78, 5) is 20.5. The fourth-order valence-corrected chi connectivity index (χ4v) is 2.68. The maximum Gasteiger partial charge on any atom is 0.257 e. The SMILES string of the molecule is Cc1cc(Cl)c(C(=O)N2CCN(C(C)(C)C#N)CC2)cn1. The van der Waals surface area contributed by atoms with Crippen LogP contribution in [0.1, 0.15) is 29.9 Å². The Morgan fingerprint density at radius 1 is 1.38 bits per heavy atom. The van der Waals surface area contributed by atoms with Gasteiger partial charge in [-0.15, -0.1) is 0 Å². The summed E-state index contributed by atoms with van der Waals surface area (Å²) in [5.41, 5.74) is 0.727. The van der Waals surface area contributed by atoms with Gasteiger partial charge < -0.3 is 4.90 Å². The van der Waals surface area contributed by atoms with Crippen LogP contribution in [-0.2, 0) is 0 Å². The number of hydrogen-bond acceptors (Lipinski definition) is 4. The first-order valence-corrected chi connectivity index (χ1v) is 7.30. The molecule has 1 aromatic rings. The largest absolute Gasteiger partial charge is 0.336 e. The normalized spacial score (nSPS) is 16.6. The number of carbonyl (C=O) groups excluding carboxylic acids is 1. The molecule has 2 heterocycles. The predicted octanol–water partition coefficient (Wildman–Crippen LogP) is 2.10. The average Bonchev–Trinajstić information content (AvgIpc) is 2.47. The van der Waals surface area contributed by atoms with Gasteiger partial charge in [0.05, 0.1) is 16.7 Å². The van der Waals surface area contributed by atoms with E-state index < -0.39 is 5.54 Å². The molecule has 0 N–H and O–H groups in total. The summed E-state index contributed by atoms with van der Waals surface area (Å²) >= 11 is 6.13. The van der Waals surface area contributed by atoms with Crippen LogP contribution < -0.4 is 0 Å². The summed E-state index contributed by atoms with van der Waals surface area (Å²) in [5.74, 6) is -0.0955. The summed E-state index contributed by atoms with van der Waals surface area (Å²) in [6.45, 7) is 8.17. The molecule has 0 aromatic carbocycles. The van der Waals surface area contributed by atoms with Gasteiger partial charge in [-0.1, -0.05) is 11.6 Å². The molecule has 112 valence electrons. The van der Waals surface area contributed by atoms with Crippen molar-refractivity contribution in [3.63, 3.8) is 0 Å². The van der Waals surface area contributed by atoms with Gasteiger partial charge in [0.1, 0.15) is 5.54 Å². The summed E-state index contributed by atoms with van der Waals surface area (Å²) < 4.78 is 0. The number of halogens is 1. The molecule has 1 aromatic heterocycles. The number of aromatic nitrogens is 1. The Balaban J connectivity index is 2.06. The highest BCUT2D eigenvalue weighted by molar-refractivity contribution is 6.33. The van der Waals surface area contributed by atoms with Gasteiger partial charge in [0, 0.05) is 38.1 Å². The van der Waals surface area contributed by atoms with Gasteiger partial charge in [-0.3, -0.25) is 14.7 Å². The van der Waals surface area contributed by atoms with Crippen molar-refractivity contribution >= 4 is 17.5 Å². The highest BCUT2D eigenvalue weighted by Gasteiger charge is 2.31. The van der Waals surface area contributed by atoms with Crippen LogP contribution in [0.4, 0.5) is 0 Å². The second-order valence-corrected chi connectivity index (χ2v) is 6.16. The van der Waals surface area contributed by atoms with Crippen LogP contribution in [0.3, 0.4) is 0 Å².